The third kappa shape index (κ3) is 3.34. The van der Waals surface area contributed by atoms with Crippen molar-refractivity contribution in [3.8, 4) is 5.75 Å². The summed E-state index contributed by atoms with van der Waals surface area (Å²) in [5.74, 6) is 2.43. The number of hydrogen-bond acceptors (Lipinski definition) is 2. The average Bonchev–Trinajstić information content (AvgIpc) is 2.86. The lowest BCUT2D eigenvalue weighted by atomic mass is 9.95. The highest BCUT2D eigenvalue weighted by molar-refractivity contribution is 5.51. The fourth-order valence-electron chi connectivity index (χ4n) is 3.01. The first-order valence-electron chi connectivity index (χ1n) is 7.00. The molecule has 18 heavy (non-hydrogen) atoms. The van der Waals surface area contributed by atoms with Crippen molar-refractivity contribution < 1.29 is 9.53 Å². The van der Waals surface area contributed by atoms with Gasteiger partial charge >= 0.3 is 0 Å². The van der Waals surface area contributed by atoms with Crippen molar-refractivity contribution in [1.82, 2.24) is 0 Å². The van der Waals surface area contributed by atoms with Crippen LogP contribution in [0.3, 0.4) is 0 Å². The van der Waals surface area contributed by atoms with Crippen molar-refractivity contribution in [3.63, 3.8) is 0 Å². The van der Waals surface area contributed by atoms with Crippen LogP contribution in [-0.2, 0) is 4.79 Å². The van der Waals surface area contributed by atoms with Gasteiger partial charge in [0.2, 0.25) is 0 Å². The van der Waals surface area contributed by atoms with Crippen LogP contribution in [0.15, 0.2) is 24.3 Å². The number of carbonyl (C=O) groups excluding carboxylic acids is 1. The summed E-state index contributed by atoms with van der Waals surface area (Å²) in [5, 5.41) is 0. The molecule has 0 saturated heterocycles. The van der Waals surface area contributed by atoms with E-state index in [0.29, 0.717) is 0 Å². The van der Waals surface area contributed by atoms with Gasteiger partial charge in [0.15, 0.2) is 6.29 Å². The van der Waals surface area contributed by atoms with Gasteiger partial charge in [-0.3, -0.25) is 4.79 Å². The van der Waals surface area contributed by atoms with Crippen LogP contribution in [0.4, 0.5) is 0 Å². The number of ether oxygens (including phenoxy) is 1. The Morgan fingerprint density at radius 3 is 2.72 bits per heavy atom. The molecule has 0 aromatic heterocycles. The Labute approximate surface area is 109 Å². The predicted molar refractivity (Wildman–Crippen MR) is 73.0 cm³/mol. The summed E-state index contributed by atoms with van der Waals surface area (Å²) < 4.78 is 5.26. The van der Waals surface area contributed by atoms with E-state index in [0.717, 1.165) is 23.9 Å². The molecule has 2 atom stereocenters. The zero-order valence-corrected chi connectivity index (χ0v) is 11.1. The molecule has 1 aromatic carbocycles. The first-order valence-corrected chi connectivity index (χ1v) is 7.00. The summed E-state index contributed by atoms with van der Waals surface area (Å²) in [6.07, 6.45) is 7.48. The standard InChI is InChI=1S/C16H22O2/c1-2-3-13-4-5-15(12-13)14-6-8-16(9-7-14)18-11-10-17/h6-10,13,15H,2-5,11-12H2,1H3. The first-order chi connectivity index (χ1) is 8.83. The lowest BCUT2D eigenvalue weighted by molar-refractivity contribution is -0.109. The number of benzene rings is 1. The second kappa shape index (κ2) is 6.58. The van der Waals surface area contributed by atoms with E-state index in [1.54, 1.807) is 0 Å². The van der Waals surface area contributed by atoms with Gasteiger partial charge in [0.1, 0.15) is 12.4 Å². The molecule has 0 radical (unpaired) electrons. The van der Waals surface area contributed by atoms with Crippen molar-refractivity contribution in [2.75, 3.05) is 6.61 Å². The molecule has 0 amide bonds. The van der Waals surface area contributed by atoms with E-state index < -0.39 is 0 Å². The maximum atomic E-state index is 10.2. The van der Waals surface area contributed by atoms with Crippen LogP contribution in [-0.4, -0.2) is 12.9 Å². The minimum absolute atomic E-state index is 0.140. The summed E-state index contributed by atoms with van der Waals surface area (Å²) in [6, 6.07) is 8.26. The molecule has 2 nitrogen and oxygen atoms in total. The van der Waals surface area contributed by atoms with Gasteiger partial charge in [0, 0.05) is 0 Å². The van der Waals surface area contributed by atoms with Crippen LogP contribution in [0, 0.1) is 5.92 Å². The molecule has 98 valence electrons. The van der Waals surface area contributed by atoms with Crippen LogP contribution < -0.4 is 4.74 Å². The summed E-state index contributed by atoms with van der Waals surface area (Å²) in [6.45, 7) is 2.41. The molecule has 0 heterocycles. The van der Waals surface area contributed by atoms with Crippen molar-refractivity contribution in [3.05, 3.63) is 29.8 Å². The molecule has 1 aliphatic carbocycles. The van der Waals surface area contributed by atoms with E-state index in [1.807, 2.05) is 12.1 Å². The van der Waals surface area contributed by atoms with Crippen molar-refractivity contribution in [2.45, 2.75) is 44.9 Å². The minimum atomic E-state index is 0.140. The summed E-state index contributed by atoms with van der Waals surface area (Å²) in [5.41, 5.74) is 1.42. The average molecular weight is 246 g/mol. The highest BCUT2D eigenvalue weighted by Gasteiger charge is 2.24. The largest absolute Gasteiger partial charge is 0.486 e. The molecule has 1 aliphatic rings. The second-order valence-corrected chi connectivity index (χ2v) is 5.21. The predicted octanol–water partition coefficient (Wildman–Crippen LogP) is 3.95. The maximum Gasteiger partial charge on any atom is 0.157 e. The van der Waals surface area contributed by atoms with Crippen LogP contribution >= 0.6 is 0 Å². The molecule has 0 aliphatic heterocycles. The number of rotatable bonds is 6. The number of carbonyl (C=O) groups is 1. The van der Waals surface area contributed by atoms with Gasteiger partial charge < -0.3 is 4.74 Å². The molecule has 2 unspecified atom stereocenters. The minimum Gasteiger partial charge on any atom is -0.486 e. The number of hydrogen-bond donors (Lipinski definition) is 0. The van der Waals surface area contributed by atoms with Gasteiger partial charge in [0.25, 0.3) is 0 Å². The SMILES string of the molecule is CCCC1CCC(c2ccc(OCC=O)cc2)C1. The lowest BCUT2D eigenvalue weighted by Gasteiger charge is -2.12. The Hall–Kier alpha value is -1.31. The summed E-state index contributed by atoms with van der Waals surface area (Å²) in [7, 11) is 0. The van der Waals surface area contributed by atoms with Crippen molar-refractivity contribution >= 4 is 6.29 Å². The monoisotopic (exact) mass is 246 g/mol. The lowest BCUT2D eigenvalue weighted by Crippen LogP contribution is -1.99. The third-order valence-electron chi connectivity index (χ3n) is 3.91. The fraction of sp³-hybridized carbons (Fsp3) is 0.562. The van der Waals surface area contributed by atoms with Crippen LogP contribution in [0.2, 0.25) is 0 Å². The highest BCUT2D eigenvalue weighted by atomic mass is 16.5. The van der Waals surface area contributed by atoms with Gasteiger partial charge in [-0.1, -0.05) is 31.9 Å². The van der Waals surface area contributed by atoms with Crippen molar-refractivity contribution in [2.24, 2.45) is 5.92 Å². The summed E-state index contributed by atoms with van der Waals surface area (Å²) in [4.78, 5) is 10.2. The topological polar surface area (TPSA) is 26.3 Å². The Kier molecular flexibility index (Phi) is 4.80. The van der Waals surface area contributed by atoms with E-state index in [4.69, 9.17) is 4.74 Å². The Balaban J connectivity index is 1.91. The van der Waals surface area contributed by atoms with Gasteiger partial charge in [-0.05, 0) is 48.8 Å². The Bertz CT molecular complexity index is 369. The van der Waals surface area contributed by atoms with Crippen LogP contribution in [0.5, 0.6) is 5.75 Å². The van der Waals surface area contributed by atoms with E-state index in [2.05, 4.69) is 19.1 Å². The molecule has 1 saturated carbocycles. The smallest absolute Gasteiger partial charge is 0.157 e. The molecular weight excluding hydrogens is 224 g/mol. The number of aldehydes is 1. The molecule has 0 N–H and O–H groups in total. The van der Waals surface area contributed by atoms with Crippen LogP contribution in [0.1, 0.15) is 50.5 Å². The van der Waals surface area contributed by atoms with Crippen LogP contribution in [0.25, 0.3) is 0 Å². The summed E-state index contributed by atoms with van der Waals surface area (Å²) >= 11 is 0. The maximum absolute atomic E-state index is 10.2. The van der Waals surface area contributed by atoms with E-state index in [9.17, 15) is 4.79 Å². The molecular formula is C16H22O2. The third-order valence-corrected chi connectivity index (χ3v) is 3.91. The molecule has 1 fully saturated rings. The molecule has 0 spiro atoms. The molecule has 2 rings (SSSR count). The molecule has 0 bridgehead atoms. The van der Waals surface area contributed by atoms with E-state index in [1.165, 1.54) is 37.7 Å². The van der Waals surface area contributed by atoms with Gasteiger partial charge in [-0.25, -0.2) is 0 Å². The highest BCUT2D eigenvalue weighted by Crippen LogP contribution is 2.40. The Morgan fingerprint density at radius 2 is 2.06 bits per heavy atom. The molecule has 1 aromatic rings. The van der Waals surface area contributed by atoms with Gasteiger partial charge in [-0.15, -0.1) is 0 Å². The second-order valence-electron chi connectivity index (χ2n) is 5.21. The van der Waals surface area contributed by atoms with Crippen molar-refractivity contribution in [1.29, 1.82) is 0 Å². The van der Waals surface area contributed by atoms with E-state index in [-0.39, 0.29) is 6.61 Å². The Morgan fingerprint density at radius 1 is 1.28 bits per heavy atom. The first kappa shape index (κ1) is 13.1. The van der Waals surface area contributed by atoms with E-state index >= 15 is 0 Å². The fourth-order valence-corrected chi connectivity index (χ4v) is 3.01. The van der Waals surface area contributed by atoms with Gasteiger partial charge in [-0.2, -0.15) is 0 Å². The zero-order valence-electron chi connectivity index (χ0n) is 11.1. The van der Waals surface area contributed by atoms with Gasteiger partial charge in [0.05, 0.1) is 0 Å². The molecule has 2 heteroatoms. The normalized spacial score (nSPS) is 22.9. The quantitative estimate of drug-likeness (QED) is 0.710. The zero-order chi connectivity index (χ0) is 12.8.